The molecule has 0 saturated carbocycles. The first-order valence-corrected chi connectivity index (χ1v) is 25.2. The molecule has 0 bridgehead atoms. The molecule has 23 nitrogen and oxygen atoms in total. The summed E-state index contributed by atoms with van der Waals surface area (Å²) in [6.45, 7) is 9.59. The second kappa shape index (κ2) is 27.0. The summed E-state index contributed by atoms with van der Waals surface area (Å²) in [6, 6.07) is -3.84. The first-order chi connectivity index (χ1) is 32.4. The molecule has 384 valence electrons. The van der Waals surface area contributed by atoms with Gasteiger partial charge in [-0.25, -0.2) is 0 Å². The molecule has 2 aliphatic rings. The number of carbonyl (C=O) groups is 10. The van der Waals surface area contributed by atoms with Gasteiger partial charge in [0.1, 0.15) is 42.3 Å². The van der Waals surface area contributed by atoms with Gasteiger partial charge in [-0.2, -0.15) is 0 Å². The summed E-state index contributed by atoms with van der Waals surface area (Å²) in [4.78, 5) is 137. The maximum Gasteiger partial charge on any atom is 0.246 e. The number of hydrogen-bond donors (Lipinski definition) is 12. The Morgan fingerprint density at radius 1 is 0.870 bits per heavy atom. The fourth-order valence-corrected chi connectivity index (χ4v) is 10.2. The second-order valence-corrected chi connectivity index (χ2v) is 21.0. The van der Waals surface area contributed by atoms with E-state index >= 15 is 0 Å². The number of nitrogens with one attached hydrogen (secondary N) is 7. The van der Waals surface area contributed by atoms with Gasteiger partial charge in [0.2, 0.25) is 59.1 Å². The number of amides is 10. The normalized spacial score (nSPS) is 25.6. The number of carbonyl (C=O) groups excluding carboxylic acids is 10. The quantitative estimate of drug-likeness (QED) is 0.0718. The molecular formula is C44H70N12O11S2. The molecule has 2 saturated heterocycles. The average Bonchev–Trinajstić information content (AvgIpc) is 3.79. The van der Waals surface area contributed by atoms with Crippen LogP contribution in [0, 0.1) is 12.8 Å². The number of nitrogens with zero attached hydrogens (tertiary/aromatic N) is 1. The van der Waals surface area contributed by atoms with Gasteiger partial charge in [0.15, 0.2) is 0 Å². The summed E-state index contributed by atoms with van der Waals surface area (Å²) < 4.78 is -1.13. The Morgan fingerprint density at radius 3 is 2.07 bits per heavy atom. The van der Waals surface area contributed by atoms with Crippen LogP contribution >= 0.6 is 21.6 Å². The molecule has 2 aliphatic heterocycles. The lowest BCUT2D eigenvalue weighted by atomic mass is 9.96. The Kier molecular flexibility index (Phi) is 22.7. The zero-order valence-corrected chi connectivity index (χ0v) is 41.6. The van der Waals surface area contributed by atoms with Crippen LogP contribution in [-0.2, 0) is 54.4 Å². The van der Waals surface area contributed by atoms with Gasteiger partial charge in [0, 0.05) is 23.5 Å². The summed E-state index contributed by atoms with van der Waals surface area (Å²) in [6.07, 6.45) is -1.10. The number of nitrogens with two attached hydrogens (primary N) is 4. The van der Waals surface area contributed by atoms with E-state index in [1.54, 1.807) is 39.8 Å². The highest BCUT2D eigenvalue weighted by molar-refractivity contribution is 8.77. The summed E-state index contributed by atoms with van der Waals surface area (Å²) in [5.74, 6) is -9.32. The molecule has 16 N–H and O–H groups in total. The number of rotatable bonds is 16. The number of hydrogen-bond acceptors (Lipinski definition) is 15. The molecule has 0 aliphatic carbocycles. The SMILES string of the molecule is CC[C@H](C)[C@@H]1NC(=O)[C@H](Cc2ccc(C)cc2)NC(=O)[C@@H](N)C(C)(C)SSC[C@@H](C(=O)N2CCC[C@H]2C(=O)N[C@@H](CCCN)C(=O)NCC(N)=O)NC(=O)[C@H](CC(N)=O)NC(=O)C([C@@H](C)O)NC1=O. The van der Waals surface area contributed by atoms with Crippen molar-refractivity contribution in [2.75, 3.05) is 25.4 Å². The van der Waals surface area contributed by atoms with E-state index in [-0.39, 0.29) is 38.1 Å². The van der Waals surface area contributed by atoms with Crippen molar-refractivity contribution in [1.82, 2.24) is 42.1 Å². The molecule has 0 spiro atoms. The number of likely N-dealkylation sites (tertiary alicyclic amines) is 1. The van der Waals surface area contributed by atoms with Crippen molar-refractivity contribution in [3.8, 4) is 0 Å². The van der Waals surface area contributed by atoms with Crippen LogP contribution < -0.4 is 60.2 Å². The van der Waals surface area contributed by atoms with Crippen molar-refractivity contribution in [3.05, 3.63) is 35.4 Å². The van der Waals surface area contributed by atoms with Gasteiger partial charge in [-0.05, 0) is 71.4 Å². The highest BCUT2D eigenvalue weighted by Crippen LogP contribution is 2.38. The molecule has 1 aromatic carbocycles. The molecule has 10 amide bonds. The molecule has 2 heterocycles. The third-order valence-corrected chi connectivity index (χ3v) is 15.2. The predicted molar refractivity (Wildman–Crippen MR) is 259 cm³/mol. The lowest BCUT2D eigenvalue weighted by Crippen LogP contribution is -2.63. The van der Waals surface area contributed by atoms with Gasteiger partial charge in [-0.1, -0.05) is 71.7 Å². The highest BCUT2D eigenvalue weighted by Gasteiger charge is 2.42. The van der Waals surface area contributed by atoms with Crippen molar-refractivity contribution < 1.29 is 53.1 Å². The molecule has 1 aromatic rings. The van der Waals surface area contributed by atoms with Gasteiger partial charge in [0.25, 0.3) is 0 Å². The Labute approximate surface area is 409 Å². The van der Waals surface area contributed by atoms with Gasteiger partial charge in [-0.3, -0.25) is 47.9 Å². The van der Waals surface area contributed by atoms with E-state index in [1.165, 1.54) is 11.8 Å². The Bertz CT molecular complexity index is 2030. The van der Waals surface area contributed by atoms with E-state index < -0.39 is 137 Å². The van der Waals surface area contributed by atoms with E-state index in [0.717, 1.165) is 27.2 Å². The van der Waals surface area contributed by atoms with Crippen LogP contribution in [0.2, 0.25) is 0 Å². The third kappa shape index (κ3) is 17.4. The maximum absolute atomic E-state index is 14.6. The number of benzene rings is 1. The molecule has 1 unspecified atom stereocenters. The molecule has 25 heteroatoms. The van der Waals surface area contributed by atoms with Crippen molar-refractivity contribution in [2.45, 2.75) is 146 Å². The zero-order chi connectivity index (χ0) is 51.7. The zero-order valence-electron chi connectivity index (χ0n) is 40.0. The predicted octanol–water partition coefficient (Wildman–Crippen LogP) is -3.42. The van der Waals surface area contributed by atoms with Gasteiger partial charge in [0.05, 0.1) is 25.1 Å². The van der Waals surface area contributed by atoms with Crippen LogP contribution in [0.15, 0.2) is 24.3 Å². The first kappa shape index (κ1) is 57.8. The minimum Gasteiger partial charge on any atom is -0.391 e. The van der Waals surface area contributed by atoms with Crippen LogP contribution in [0.5, 0.6) is 0 Å². The Hall–Kier alpha value is -5.50. The molecule has 69 heavy (non-hydrogen) atoms. The maximum atomic E-state index is 14.6. The van der Waals surface area contributed by atoms with E-state index in [2.05, 4.69) is 37.2 Å². The molecule has 3 rings (SSSR count). The summed E-state index contributed by atoms with van der Waals surface area (Å²) in [7, 11) is 2.12. The number of aliphatic hydroxyl groups is 1. The largest absolute Gasteiger partial charge is 0.391 e. The highest BCUT2D eigenvalue weighted by atomic mass is 33.1. The fourth-order valence-electron chi connectivity index (χ4n) is 7.43. The third-order valence-electron chi connectivity index (χ3n) is 11.8. The van der Waals surface area contributed by atoms with Crippen molar-refractivity contribution in [1.29, 1.82) is 0 Å². The van der Waals surface area contributed by atoms with Crippen LogP contribution in [0.25, 0.3) is 0 Å². The van der Waals surface area contributed by atoms with E-state index in [4.69, 9.17) is 22.9 Å². The summed E-state index contributed by atoms with van der Waals surface area (Å²) in [5.41, 5.74) is 24.6. The molecule has 0 aromatic heterocycles. The lowest BCUT2D eigenvalue weighted by Gasteiger charge is -2.33. The Balaban J connectivity index is 2.08. The minimum absolute atomic E-state index is 0.00243. The monoisotopic (exact) mass is 1010 g/mol. The summed E-state index contributed by atoms with van der Waals surface area (Å²) >= 11 is 0. The smallest absolute Gasteiger partial charge is 0.246 e. The van der Waals surface area contributed by atoms with Gasteiger partial charge < -0.3 is 70.2 Å². The topological polar surface area (TPSA) is 382 Å². The molecular weight excluding hydrogens is 937 g/mol. The van der Waals surface area contributed by atoms with Gasteiger partial charge >= 0.3 is 0 Å². The molecule has 2 fully saturated rings. The van der Waals surface area contributed by atoms with E-state index in [0.29, 0.717) is 24.8 Å². The van der Waals surface area contributed by atoms with Crippen LogP contribution in [0.1, 0.15) is 84.3 Å². The lowest BCUT2D eigenvalue weighted by molar-refractivity contribution is -0.142. The summed E-state index contributed by atoms with van der Waals surface area (Å²) in [5, 5.41) is 28.7. The van der Waals surface area contributed by atoms with E-state index in [1.807, 2.05) is 19.1 Å². The molecule has 10 atom stereocenters. The second-order valence-electron chi connectivity index (χ2n) is 18.0. The van der Waals surface area contributed by atoms with Crippen LogP contribution in [-0.4, -0.2) is 154 Å². The van der Waals surface area contributed by atoms with Crippen LogP contribution in [0.3, 0.4) is 0 Å². The first-order valence-electron chi connectivity index (χ1n) is 22.9. The van der Waals surface area contributed by atoms with Crippen molar-refractivity contribution in [3.63, 3.8) is 0 Å². The number of primary amides is 2. The fraction of sp³-hybridized carbons (Fsp3) is 0.636. The Morgan fingerprint density at radius 2 is 1.48 bits per heavy atom. The molecule has 0 radical (unpaired) electrons. The average molecular weight is 1010 g/mol. The number of aliphatic hydroxyl groups excluding tert-OH is 1. The minimum atomic E-state index is -1.76. The van der Waals surface area contributed by atoms with Gasteiger partial charge in [-0.15, -0.1) is 0 Å². The van der Waals surface area contributed by atoms with Crippen molar-refractivity contribution in [2.24, 2.45) is 28.9 Å². The van der Waals surface area contributed by atoms with Crippen LogP contribution in [0.4, 0.5) is 0 Å². The number of aryl methyl sites for hydroxylation is 1. The van der Waals surface area contributed by atoms with E-state index in [9.17, 15) is 53.1 Å². The van der Waals surface area contributed by atoms with Crippen molar-refractivity contribution >= 4 is 80.7 Å². The standard InChI is InChI=1S/C44H70N12O11S2/c1-7-23(3)33-40(64)55-34(24(4)57)41(65)51-28(19-31(46)58)37(61)53-29(43(67)56-17-9-11-30(56)39(63)50-26(10-8-16-45)36(60)49-20-32(47)59)21-68-69-44(5,6)35(48)42(66)52-27(38(62)54-33)18-25-14-12-22(2)13-15-25/h12-15,23-24,26-30,33-35,57H,7-11,16-21,45,48H2,1-6H3,(H2,46,58)(H2,47,59)(H,49,60)(H,50,63)(H,51,65)(H,52,66)(H,53,61)(H,54,62)(H,55,64)/t23-,24+,26-,27-,28-,29-,30-,33-,34?,35+/m0/s1.